The van der Waals surface area contributed by atoms with Crippen molar-refractivity contribution in [1.82, 2.24) is 15.1 Å². The van der Waals surface area contributed by atoms with Crippen molar-refractivity contribution in [1.29, 1.82) is 0 Å². The molecule has 0 saturated heterocycles. The second kappa shape index (κ2) is 5.69. The van der Waals surface area contributed by atoms with Gasteiger partial charge in [-0.1, -0.05) is 0 Å². The van der Waals surface area contributed by atoms with E-state index in [2.05, 4.69) is 10.4 Å². The minimum absolute atomic E-state index is 0.113. The molecule has 1 atom stereocenters. The van der Waals surface area contributed by atoms with Gasteiger partial charge in [-0.05, 0) is 38.1 Å². The van der Waals surface area contributed by atoms with Crippen LogP contribution in [0.2, 0.25) is 0 Å². The fourth-order valence-electron chi connectivity index (χ4n) is 2.47. The first-order chi connectivity index (χ1) is 10.8. The fourth-order valence-corrected chi connectivity index (χ4v) is 3.71. The van der Waals surface area contributed by atoms with Gasteiger partial charge in [0, 0.05) is 11.1 Å². The van der Waals surface area contributed by atoms with Gasteiger partial charge in [0.1, 0.15) is 5.76 Å². The summed E-state index contributed by atoms with van der Waals surface area (Å²) in [6.07, 6.45) is 1.47. The second-order valence-corrected chi connectivity index (χ2v) is 7.52. The molecule has 122 valence electrons. The number of aromatic nitrogens is 2. The number of amides is 1. The fraction of sp³-hybridized carbons (Fsp3) is 0.333. The van der Waals surface area contributed by atoms with Gasteiger partial charge in [-0.15, -0.1) is 0 Å². The Balaban J connectivity index is 1.66. The van der Waals surface area contributed by atoms with Crippen LogP contribution in [0.4, 0.5) is 0 Å². The van der Waals surface area contributed by atoms with Crippen LogP contribution in [0.5, 0.6) is 0 Å². The van der Waals surface area contributed by atoms with Crippen molar-refractivity contribution in [2.24, 2.45) is 0 Å². The van der Waals surface area contributed by atoms with Crippen LogP contribution in [-0.2, 0) is 16.4 Å². The molecule has 2 aromatic heterocycles. The van der Waals surface area contributed by atoms with Gasteiger partial charge in [0.2, 0.25) is 0 Å². The lowest BCUT2D eigenvalue weighted by atomic mass is 10.3. The average molecular weight is 335 g/mol. The summed E-state index contributed by atoms with van der Waals surface area (Å²) in [5, 5.41) is 8.08. The monoisotopic (exact) mass is 335 g/mol. The van der Waals surface area contributed by atoms with Crippen LogP contribution in [0.1, 0.15) is 27.7 Å². The number of hydrogen-bond acceptors (Lipinski definition) is 5. The average Bonchev–Trinajstić information content (AvgIpc) is 3.12. The Kier molecular flexibility index (Phi) is 3.85. The normalized spacial score (nSPS) is 19.1. The smallest absolute Gasteiger partial charge is 0.287 e. The van der Waals surface area contributed by atoms with E-state index in [4.69, 9.17) is 4.42 Å². The van der Waals surface area contributed by atoms with Gasteiger partial charge < -0.3 is 9.73 Å². The molecule has 0 bridgehead atoms. The Bertz CT molecular complexity index is 876. The van der Waals surface area contributed by atoms with Gasteiger partial charge in [-0.25, -0.2) is 8.42 Å². The van der Waals surface area contributed by atoms with E-state index in [0.717, 1.165) is 16.8 Å². The predicted molar refractivity (Wildman–Crippen MR) is 83.7 cm³/mol. The highest BCUT2D eigenvalue weighted by Gasteiger charge is 2.24. The van der Waals surface area contributed by atoms with Crippen molar-refractivity contribution in [3.05, 3.63) is 52.6 Å². The highest BCUT2D eigenvalue weighted by Crippen LogP contribution is 2.13. The van der Waals surface area contributed by atoms with Gasteiger partial charge in [0.15, 0.2) is 15.6 Å². The molecule has 0 radical (unpaired) electrons. The standard InChI is InChI=1S/C15H17N3O4S/c1-10-7-11(2)18(17-10)8-13-3-4-14(22-13)15(19)16-12-5-6-23(20,21)9-12/h3-7,12H,8-9H2,1-2H3,(H,16,19). The lowest BCUT2D eigenvalue weighted by Gasteiger charge is -2.08. The third-order valence-corrected chi connectivity index (χ3v) is 4.94. The zero-order valence-electron chi connectivity index (χ0n) is 12.8. The van der Waals surface area contributed by atoms with Gasteiger partial charge in [0.05, 0.1) is 24.0 Å². The number of carbonyl (C=O) groups is 1. The van der Waals surface area contributed by atoms with E-state index < -0.39 is 21.8 Å². The van der Waals surface area contributed by atoms with Gasteiger partial charge >= 0.3 is 0 Å². The van der Waals surface area contributed by atoms with Crippen LogP contribution in [0.15, 0.2) is 34.1 Å². The summed E-state index contributed by atoms with van der Waals surface area (Å²) in [5.74, 6) is 0.212. The Morgan fingerprint density at radius 3 is 2.83 bits per heavy atom. The van der Waals surface area contributed by atoms with Gasteiger partial charge in [-0.2, -0.15) is 5.10 Å². The first-order valence-corrected chi connectivity index (χ1v) is 8.85. The molecule has 2 aromatic rings. The van der Waals surface area contributed by atoms with E-state index in [0.29, 0.717) is 12.3 Å². The predicted octanol–water partition coefficient (Wildman–Crippen LogP) is 1.18. The van der Waals surface area contributed by atoms with Gasteiger partial charge in [0.25, 0.3) is 5.91 Å². The van der Waals surface area contributed by atoms with Crippen LogP contribution in [0.3, 0.4) is 0 Å². The Morgan fingerprint density at radius 2 is 2.22 bits per heavy atom. The second-order valence-electron chi connectivity index (χ2n) is 5.59. The molecule has 23 heavy (non-hydrogen) atoms. The van der Waals surface area contributed by atoms with Crippen molar-refractivity contribution < 1.29 is 17.6 Å². The number of nitrogens with one attached hydrogen (secondary N) is 1. The summed E-state index contributed by atoms with van der Waals surface area (Å²) >= 11 is 0. The molecule has 0 fully saturated rings. The highest BCUT2D eigenvalue weighted by molar-refractivity contribution is 7.94. The number of nitrogens with zero attached hydrogens (tertiary/aromatic N) is 2. The van der Waals surface area contributed by atoms with E-state index in [1.54, 1.807) is 16.8 Å². The molecule has 7 nitrogen and oxygen atoms in total. The lowest BCUT2D eigenvalue weighted by molar-refractivity contribution is 0.0917. The summed E-state index contributed by atoms with van der Waals surface area (Å²) in [6.45, 7) is 4.29. The Hall–Kier alpha value is -2.35. The molecule has 1 aliphatic rings. The third-order valence-electron chi connectivity index (χ3n) is 3.54. The minimum Gasteiger partial charge on any atom is -0.454 e. The van der Waals surface area contributed by atoms with Crippen LogP contribution in [0, 0.1) is 13.8 Å². The van der Waals surface area contributed by atoms with E-state index in [1.165, 1.54) is 6.08 Å². The molecular formula is C15H17N3O4S. The third kappa shape index (κ3) is 3.53. The maximum absolute atomic E-state index is 12.1. The van der Waals surface area contributed by atoms with Crippen molar-refractivity contribution in [2.45, 2.75) is 26.4 Å². The van der Waals surface area contributed by atoms with E-state index in [-0.39, 0.29) is 11.5 Å². The maximum atomic E-state index is 12.1. The Labute approximate surface area is 133 Å². The zero-order valence-corrected chi connectivity index (χ0v) is 13.6. The largest absolute Gasteiger partial charge is 0.454 e. The number of rotatable bonds is 4. The lowest BCUT2D eigenvalue weighted by Crippen LogP contribution is -2.35. The van der Waals surface area contributed by atoms with E-state index >= 15 is 0 Å². The summed E-state index contributed by atoms with van der Waals surface area (Å²) in [6, 6.07) is 4.73. The van der Waals surface area contributed by atoms with Crippen LogP contribution < -0.4 is 5.32 Å². The molecule has 0 spiro atoms. The first kappa shape index (κ1) is 15.5. The van der Waals surface area contributed by atoms with Crippen LogP contribution >= 0.6 is 0 Å². The summed E-state index contributed by atoms with van der Waals surface area (Å²) in [5.41, 5.74) is 1.92. The quantitative estimate of drug-likeness (QED) is 0.905. The summed E-state index contributed by atoms with van der Waals surface area (Å²) in [7, 11) is -3.20. The molecule has 1 unspecified atom stereocenters. The minimum atomic E-state index is -3.20. The topological polar surface area (TPSA) is 94.2 Å². The molecule has 1 aliphatic heterocycles. The molecule has 0 aromatic carbocycles. The highest BCUT2D eigenvalue weighted by atomic mass is 32.2. The van der Waals surface area contributed by atoms with Crippen molar-refractivity contribution in [3.63, 3.8) is 0 Å². The van der Waals surface area contributed by atoms with Crippen molar-refractivity contribution in [2.75, 3.05) is 5.75 Å². The molecule has 3 rings (SSSR count). The van der Waals surface area contributed by atoms with E-state index in [1.807, 2.05) is 19.9 Å². The van der Waals surface area contributed by atoms with Crippen molar-refractivity contribution >= 4 is 15.7 Å². The molecule has 8 heteroatoms. The SMILES string of the molecule is Cc1cc(C)n(Cc2ccc(C(=O)NC3C=CS(=O)(=O)C3)o2)n1. The molecule has 1 amide bonds. The van der Waals surface area contributed by atoms with Gasteiger partial charge in [-0.3, -0.25) is 9.48 Å². The number of hydrogen-bond donors (Lipinski definition) is 1. The number of aryl methyl sites for hydroxylation is 2. The first-order valence-electron chi connectivity index (χ1n) is 7.14. The maximum Gasteiger partial charge on any atom is 0.287 e. The van der Waals surface area contributed by atoms with E-state index in [9.17, 15) is 13.2 Å². The van der Waals surface area contributed by atoms with Crippen LogP contribution in [-0.4, -0.2) is 35.9 Å². The number of furan rings is 1. The number of sulfone groups is 1. The van der Waals surface area contributed by atoms with Crippen molar-refractivity contribution in [3.8, 4) is 0 Å². The Morgan fingerprint density at radius 1 is 1.43 bits per heavy atom. The summed E-state index contributed by atoms with van der Waals surface area (Å²) in [4.78, 5) is 12.1. The zero-order chi connectivity index (χ0) is 16.6. The molecular weight excluding hydrogens is 318 g/mol. The molecule has 0 aliphatic carbocycles. The molecule has 3 heterocycles. The molecule has 0 saturated carbocycles. The number of carbonyl (C=O) groups excluding carboxylic acids is 1. The summed E-state index contributed by atoms with van der Waals surface area (Å²) < 4.78 is 30.0. The van der Waals surface area contributed by atoms with Crippen LogP contribution in [0.25, 0.3) is 0 Å². The molecule has 1 N–H and O–H groups in total.